The average molecular weight is 356 g/mol. The van der Waals surface area contributed by atoms with Crippen LogP contribution in [0.15, 0.2) is 30.3 Å². The molecule has 1 aromatic heterocycles. The number of ether oxygens (including phenoxy) is 2. The van der Waals surface area contributed by atoms with E-state index in [0.717, 1.165) is 49.7 Å². The summed E-state index contributed by atoms with van der Waals surface area (Å²) in [4.78, 5) is 7.44. The fraction of sp³-hybridized carbons (Fsp3) is 0.600. The third-order valence-electron chi connectivity index (χ3n) is 5.42. The Balaban J connectivity index is 1.65. The Morgan fingerprint density at radius 3 is 2.38 bits per heavy atom. The lowest BCUT2D eigenvalue weighted by atomic mass is 10.0. The van der Waals surface area contributed by atoms with Crippen molar-refractivity contribution in [1.29, 1.82) is 0 Å². The van der Waals surface area contributed by atoms with E-state index in [-0.39, 0.29) is 5.92 Å². The van der Waals surface area contributed by atoms with E-state index in [9.17, 15) is 0 Å². The Morgan fingerprint density at radius 2 is 1.73 bits per heavy atom. The summed E-state index contributed by atoms with van der Waals surface area (Å²) >= 11 is 0. The van der Waals surface area contributed by atoms with Gasteiger partial charge in [0.2, 0.25) is 0 Å². The van der Waals surface area contributed by atoms with E-state index >= 15 is 0 Å². The van der Waals surface area contributed by atoms with Gasteiger partial charge in [-0.05, 0) is 19.4 Å². The minimum atomic E-state index is 0.145. The fourth-order valence-electron chi connectivity index (χ4n) is 3.84. The van der Waals surface area contributed by atoms with Crippen LogP contribution in [-0.2, 0) is 9.47 Å². The lowest BCUT2D eigenvalue weighted by Gasteiger charge is -2.32. The highest BCUT2D eigenvalue weighted by atomic mass is 16.5. The van der Waals surface area contributed by atoms with Crippen LogP contribution in [0.2, 0.25) is 0 Å². The Morgan fingerprint density at radius 1 is 1.04 bits per heavy atom. The molecule has 0 amide bonds. The van der Waals surface area contributed by atoms with Crippen LogP contribution in [0.1, 0.15) is 37.5 Å². The molecule has 2 aliphatic rings. The molecule has 0 radical (unpaired) electrons. The molecule has 2 aliphatic heterocycles. The Labute approximate surface area is 155 Å². The van der Waals surface area contributed by atoms with Crippen LogP contribution in [0.5, 0.6) is 0 Å². The zero-order valence-electron chi connectivity index (χ0n) is 15.5. The first-order chi connectivity index (χ1) is 12.8. The molecular formula is C20H28N4O2. The number of hydrogen-bond donors (Lipinski definition) is 0. The van der Waals surface area contributed by atoms with Crippen LogP contribution < -0.4 is 0 Å². The number of aromatic nitrogens is 3. The summed E-state index contributed by atoms with van der Waals surface area (Å²) in [5.74, 6) is 1.97. The summed E-state index contributed by atoms with van der Waals surface area (Å²) in [6.45, 7) is 8.22. The third kappa shape index (κ3) is 3.82. The minimum Gasteiger partial charge on any atom is -0.378 e. The van der Waals surface area contributed by atoms with Crippen molar-refractivity contribution in [2.24, 2.45) is 0 Å². The van der Waals surface area contributed by atoms with E-state index in [4.69, 9.17) is 19.6 Å². The number of benzene rings is 1. The second kappa shape index (κ2) is 8.29. The van der Waals surface area contributed by atoms with Crippen molar-refractivity contribution in [2.75, 3.05) is 46.1 Å². The van der Waals surface area contributed by atoms with Gasteiger partial charge in [0.05, 0.1) is 38.4 Å². The van der Waals surface area contributed by atoms with Gasteiger partial charge in [-0.15, -0.1) is 0 Å². The van der Waals surface area contributed by atoms with E-state index in [1.807, 2.05) is 18.2 Å². The van der Waals surface area contributed by atoms with Crippen molar-refractivity contribution in [3.63, 3.8) is 0 Å². The zero-order chi connectivity index (χ0) is 17.8. The first kappa shape index (κ1) is 17.6. The number of likely N-dealkylation sites (tertiary alicyclic amines) is 1. The molecule has 0 bridgehead atoms. The van der Waals surface area contributed by atoms with Gasteiger partial charge in [-0.3, -0.25) is 0 Å². The summed E-state index contributed by atoms with van der Waals surface area (Å²) in [6, 6.07) is 10.6. The van der Waals surface area contributed by atoms with E-state index in [0.29, 0.717) is 32.5 Å². The van der Waals surface area contributed by atoms with Crippen molar-refractivity contribution in [2.45, 2.75) is 31.7 Å². The molecule has 2 saturated heterocycles. The Kier molecular flexibility index (Phi) is 5.62. The van der Waals surface area contributed by atoms with E-state index in [1.54, 1.807) is 0 Å². The van der Waals surface area contributed by atoms with Gasteiger partial charge in [-0.1, -0.05) is 37.3 Å². The molecule has 2 aromatic rings. The predicted octanol–water partition coefficient (Wildman–Crippen LogP) is 2.73. The van der Waals surface area contributed by atoms with Gasteiger partial charge in [0, 0.05) is 18.7 Å². The number of nitrogens with zero attached hydrogens (tertiary/aromatic N) is 4. The van der Waals surface area contributed by atoms with Gasteiger partial charge in [-0.2, -0.15) is 5.10 Å². The molecule has 0 saturated carbocycles. The maximum atomic E-state index is 5.74. The molecule has 3 heterocycles. The topological polar surface area (TPSA) is 52.4 Å². The largest absolute Gasteiger partial charge is 0.378 e. The van der Waals surface area contributed by atoms with E-state index in [2.05, 4.69) is 28.6 Å². The molecule has 6 heteroatoms. The van der Waals surface area contributed by atoms with Crippen molar-refractivity contribution in [3.05, 3.63) is 36.2 Å². The summed E-state index contributed by atoms with van der Waals surface area (Å²) in [6.07, 6.45) is 2.24. The van der Waals surface area contributed by atoms with Crippen LogP contribution >= 0.6 is 0 Å². The number of hydrogen-bond acceptors (Lipinski definition) is 5. The van der Waals surface area contributed by atoms with Crippen LogP contribution in [-0.4, -0.2) is 65.7 Å². The fourth-order valence-corrected chi connectivity index (χ4v) is 3.84. The van der Waals surface area contributed by atoms with Crippen LogP contribution in [0.25, 0.3) is 11.4 Å². The van der Waals surface area contributed by atoms with Gasteiger partial charge >= 0.3 is 0 Å². The maximum absolute atomic E-state index is 5.74. The molecule has 0 atom stereocenters. The lowest BCUT2D eigenvalue weighted by molar-refractivity contribution is 0.103. The molecule has 26 heavy (non-hydrogen) atoms. The molecule has 1 aromatic carbocycles. The van der Waals surface area contributed by atoms with Crippen molar-refractivity contribution in [1.82, 2.24) is 19.7 Å². The maximum Gasteiger partial charge on any atom is 0.181 e. The van der Waals surface area contributed by atoms with Crippen molar-refractivity contribution >= 4 is 0 Å². The highest BCUT2D eigenvalue weighted by molar-refractivity contribution is 5.54. The second-order valence-corrected chi connectivity index (χ2v) is 7.12. The first-order valence-corrected chi connectivity index (χ1v) is 9.75. The average Bonchev–Trinajstić information content (AvgIpc) is 2.97. The first-order valence-electron chi connectivity index (χ1n) is 9.75. The SMILES string of the molecule is CCN1CCC(n2nc(-c3ccccc3)nc2C2COCCOC2)CC1. The third-order valence-corrected chi connectivity index (χ3v) is 5.42. The van der Waals surface area contributed by atoms with Gasteiger partial charge in [-0.25, -0.2) is 9.67 Å². The predicted molar refractivity (Wildman–Crippen MR) is 100 cm³/mol. The zero-order valence-corrected chi connectivity index (χ0v) is 15.5. The summed E-state index contributed by atoms with van der Waals surface area (Å²) in [7, 11) is 0. The normalized spacial score (nSPS) is 21.0. The number of rotatable bonds is 4. The molecular weight excluding hydrogens is 328 g/mol. The highest BCUT2D eigenvalue weighted by Gasteiger charge is 2.29. The standard InChI is InChI=1S/C20H28N4O2/c1-2-23-10-8-18(9-11-23)24-20(17-14-25-12-13-26-15-17)21-19(22-24)16-6-4-3-5-7-16/h3-7,17-18H,2,8-15H2,1H3. The molecule has 0 aliphatic carbocycles. The smallest absolute Gasteiger partial charge is 0.181 e. The summed E-state index contributed by atoms with van der Waals surface area (Å²) < 4.78 is 13.7. The van der Waals surface area contributed by atoms with Crippen LogP contribution in [0.3, 0.4) is 0 Å². The molecule has 0 spiro atoms. The number of piperidine rings is 1. The van der Waals surface area contributed by atoms with Crippen LogP contribution in [0, 0.1) is 0 Å². The lowest BCUT2D eigenvalue weighted by Crippen LogP contribution is -2.35. The minimum absolute atomic E-state index is 0.145. The molecule has 6 nitrogen and oxygen atoms in total. The summed E-state index contributed by atoms with van der Waals surface area (Å²) in [5.41, 5.74) is 1.06. The highest BCUT2D eigenvalue weighted by Crippen LogP contribution is 2.29. The van der Waals surface area contributed by atoms with E-state index < -0.39 is 0 Å². The molecule has 4 rings (SSSR count). The van der Waals surface area contributed by atoms with Crippen LogP contribution in [0.4, 0.5) is 0 Å². The van der Waals surface area contributed by atoms with Crippen molar-refractivity contribution < 1.29 is 9.47 Å². The monoisotopic (exact) mass is 356 g/mol. The van der Waals surface area contributed by atoms with Gasteiger partial charge in [0.15, 0.2) is 5.82 Å². The Bertz CT molecular complexity index is 687. The summed E-state index contributed by atoms with van der Waals surface area (Å²) in [5, 5.41) is 4.94. The second-order valence-electron chi connectivity index (χ2n) is 7.12. The molecule has 140 valence electrons. The Hall–Kier alpha value is -1.76. The van der Waals surface area contributed by atoms with Gasteiger partial charge in [0.25, 0.3) is 0 Å². The van der Waals surface area contributed by atoms with E-state index in [1.165, 1.54) is 0 Å². The van der Waals surface area contributed by atoms with Crippen molar-refractivity contribution in [3.8, 4) is 11.4 Å². The van der Waals surface area contributed by atoms with Gasteiger partial charge in [0.1, 0.15) is 5.82 Å². The quantitative estimate of drug-likeness (QED) is 0.843. The van der Waals surface area contributed by atoms with Gasteiger partial charge < -0.3 is 14.4 Å². The molecule has 0 N–H and O–H groups in total. The molecule has 2 fully saturated rings. The molecule has 0 unspecified atom stereocenters.